The maximum atomic E-state index is 12.0. The van der Waals surface area contributed by atoms with Gasteiger partial charge in [0, 0.05) is 16.6 Å². The van der Waals surface area contributed by atoms with Gasteiger partial charge in [0.2, 0.25) is 0 Å². The fraction of sp³-hybridized carbons (Fsp3) is 0.0769. The molecule has 20 heavy (non-hydrogen) atoms. The van der Waals surface area contributed by atoms with Crippen LogP contribution >= 0.6 is 11.3 Å². The number of fused-ring (bicyclic) bond motifs is 1. The number of rotatable bonds is 1. The summed E-state index contributed by atoms with van der Waals surface area (Å²) in [4.78, 5) is 4.44. The average molecular weight is 303 g/mol. The lowest BCUT2D eigenvalue weighted by Gasteiger charge is -2.01. The summed E-state index contributed by atoms with van der Waals surface area (Å²) in [6, 6.07) is 8.65. The SMILES string of the molecule is Cc1csc(/C(C#N)=C2\NS(=O)(=O)c3ccccc32)n1. The molecule has 1 aliphatic rings. The van der Waals surface area contributed by atoms with Crippen LogP contribution in [0.4, 0.5) is 0 Å². The number of aryl methyl sites for hydroxylation is 1. The zero-order valence-corrected chi connectivity index (χ0v) is 12.0. The highest BCUT2D eigenvalue weighted by atomic mass is 32.2. The Morgan fingerprint density at radius 1 is 1.40 bits per heavy atom. The van der Waals surface area contributed by atoms with E-state index in [0.29, 0.717) is 16.3 Å². The number of sulfonamides is 1. The molecular weight excluding hydrogens is 294 g/mol. The maximum Gasteiger partial charge on any atom is 0.262 e. The number of nitrogens with one attached hydrogen (secondary N) is 1. The van der Waals surface area contributed by atoms with E-state index >= 15 is 0 Å². The first-order chi connectivity index (χ1) is 9.53. The molecule has 100 valence electrons. The molecule has 1 aromatic carbocycles. The Morgan fingerprint density at radius 2 is 2.15 bits per heavy atom. The normalized spacial score (nSPS) is 18.0. The predicted molar refractivity (Wildman–Crippen MR) is 76.0 cm³/mol. The van der Waals surface area contributed by atoms with Crippen molar-refractivity contribution in [3.8, 4) is 6.07 Å². The molecule has 0 amide bonds. The number of nitrogens with zero attached hydrogens (tertiary/aromatic N) is 2. The van der Waals surface area contributed by atoms with Crippen LogP contribution in [0, 0.1) is 18.3 Å². The highest BCUT2D eigenvalue weighted by Crippen LogP contribution is 2.35. The van der Waals surface area contributed by atoms with Crippen LogP contribution in [-0.2, 0) is 10.0 Å². The summed E-state index contributed by atoms with van der Waals surface area (Å²) in [5, 5.41) is 11.7. The molecule has 0 fully saturated rings. The quantitative estimate of drug-likeness (QED) is 0.818. The third-order valence-corrected chi connectivity index (χ3v) is 5.26. The molecule has 0 atom stereocenters. The minimum Gasteiger partial charge on any atom is -0.277 e. The number of allylic oxidation sites excluding steroid dienone is 1. The first kappa shape index (κ1) is 12.8. The second-order valence-corrected chi connectivity index (χ2v) is 6.77. The number of thiazole rings is 1. The van der Waals surface area contributed by atoms with Crippen LogP contribution in [0.15, 0.2) is 34.5 Å². The largest absolute Gasteiger partial charge is 0.277 e. The lowest BCUT2D eigenvalue weighted by atomic mass is 10.1. The van der Waals surface area contributed by atoms with Crippen molar-refractivity contribution in [3.63, 3.8) is 0 Å². The van der Waals surface area contributed by atoms with E-state index in [0.717, 1.165) is 5.69 Å². The molecule has 0 spiro atoms. The standard InChI is InChI=1S/C13H9N3O2S2/c1-8-7-19-13(15-8)10(6-14)12-9-4-2-3-5-11(9)20(17,18)16-12/h2-5,7,16H,1H3/b12-10-. The second kappa shape index (κ2) is 4.44. The zero-order valence-electron chi connectivity index (χ0n) is 10.4. The van der Waals surface area contributed by atoms with Gasteiger partial charge in [0.1, 0.15) is 16.6 Å². The molecule has 2 heterocycles. The van der Waals surface area contributed by atoms with Crippen LogP contribution in [0.2, 0.25) is 0 Å². The van der Waals surface area contributed by atoms with Crippen molar-refractivity contribution >= 4 is 32.6 Å². The van der Waals surface area contributed by atoms with Crippen LogP contribution in [0.1, 0.15) is 16.3 Å². The summed E-state index contributed by atoms with van der Waals surface area (Å²) in [7, 11) is -3.59. The van der Waals surface area contributed by atoms with E-state index in [1.807, 2.05) is 12.3 Å². The van der Waals surface area contributed by atoms with Crippen molar-refractivity contribution in [2.24, 2.45) is 0 Å². The monoisotopic (exact) mass is 303 g/mol. The van der Waals surface area contributed by atoms with Gasteiger partial charge >= 0.3 is 0 Å². The second-order valence-electron chi connectivity index (χ2n) is 4.26. The third kappa shape index (κ3) is 1.90. The first-order valence-corrected chi connectivity index (χ1v) is 8.08. The number of hydrogen-bond donors (Lipinski definition) is 1. The lowest BCUT2D eigenvalue weighted by Crippen LogP contribution is -2.14. The number of aromatic nitrogens is 1. The van der Waals surface area contributed by atoms with Gasteiger partial charge in [0.05, 0.1) is 10.6 Å². The molecule has 0 saturated heterocycles. The van der Waals surface area contributed by atoms with Gasteiger partial charge in [-0.3, -0.25) is 4.72 Å². The van der Waals surface area contributed by atoms with Gasteiger partial charge < -0.3 is 0 Å². The molecule has 7 heteroatoms. The van der Waals surface area contributed by atoms with Crippen LogP contribution < -0.4 is 4.72 Å². The predicted octanol–water partition coefficient (Wildman–Crippen LogP) is 2.14. The minimum absolute atomic E-state index is 0.191. The molecule has 1 aromatic heterocycles. The topological polar surface area (TPSA) is 82.9 Å². The fourth-order valence-corrected chi connectivity index (χ4v) is 4.12. The van der Waals surface area contributed by atoms with Crippen molar-refractivity contribution < 1.29 is 8.42 Å². The molecule has 0 radical (unpaired) electrons. The van der Waals surface area contributed by atoms with Gasteiger partial charge in [-0.15, -0.1) is 11.3 Å². The van der Waals surface area contributed by atoms with Gasteiger partial charge in [-0.05, 0) is 13.0 Å². The van der Waals surface area contributed by atoms with E-state index in [1.165, 1.54) is 17.4 Å². The van der Waals surface area contributed by atoms with Gasteiger partial charge in [-0.2, -0.15) is 5.26 Å². The van der Waals surface area contributed by atoms with Crippen LogP contribution in [0.5, 0.6) is 0 Å². The number of hydrogen-bond acceptors (Lipinski definition) is 5. The summed E-state index contributed by atoms with van der Waals surface area (Å²) >= 11 is 1.32. The highest BCUT2D eigenvalue weighted by Gasteiger charge is 2.32. The Kier molecular flexibility index (Phi) is 2.85. The number of benzene rings is 1. The third-order valence-electron chi connectivity index (χ3n) is 2.88. The smallest absolute Gasteiger partial charge is 0.262 e. The highest BCUT2D eigenvalue weighted by molar-refractivity contribution is 7.90. The van der Waals surface area contributed by atoms with Crippen LogP contribution in [0.3, 0.4) is 0 Å². The molecule has 2 aromatic rings. The summed E-state index contributed by atoms with van der Waals surface area (Å²) in [6.07, 6.45) is 0. The van der Waals surface area contributed by atoms with Gasteiger partial charge in [-0.25, -0.2) is 13.4 Å². The maximum absolute atomic E-state index is 12.0. The molecule has 3 rings (SSSR count). The molecule has 5 nitrogen and oxygen atoms in total. The Morgan fingerprint density at radius 3 is 2.80 bits per heavy atom. The van der Waals surface area contributed by atoms with E-state index in [9.17, 15) is 13.7 Å². The Labute approximate surface area is 120 Å². The first-order valence-electron chi connectivity index (χ1n) is 5.72. The van der Waals surface area contributed by atoms with E-state index in [-0.39, 0.29) is 10.5 Å². The fourth-order valence-electron chi connectivity index (χ4n) is 2.02. The summed E-state index contributed by atoms with van der Waals surface area (Å²) in [5.41, 5.74) is 1.86. The van der Waals surface area contributed by atoms with Gasteiger partial charge in [0.25, 0.3) is 10.0 Å². The number of nitriles is 1. The Hall–Kier alpha value is -2.17. The Bertz CT molecular complexity index is 873. The van der Waals surface area contributed by atoms with Gasteiger partial charge in [-0.1, -0.05) is 18.2 Å². The molecule has 1 N–H and O–H groups in total. The van der Waals surface area contributed by atoms with Crippen LogP contribution in [0.25, 0.3) is 11.3 Å². The van der Waals surface area contributed by atoms with Crippen molar-refractivity contribution in [2.45, 2.75) is 11.8 Å². The van der Waals surface area contributed by atoms with Crippen molar-refractivity contribution in [1.29, 1.82) is 5.26 Å². The molecule has 0 bridgehead atoms. The molecule has 0 unspecified atom stereocenters. The van der Waals surface area contributed by atoms with Crippen molar-refractivity contribution in [2.75, 3.05) is 0 Å². The van der Waals surface area contributed by atoms with Crippen molar-refractivity contribution in [3.05, 3.63) is 45.9 Å². The van der Waals surface area contributed by atoms with E-state index in [1.54, 1.807) is 18.2 Å². The lowest BCUT2D eigenvalue weighted by molar-refractivity contribution is 0.594. The zero-order chi connectivity index (χ0) is 14.3. The van der Waals surface area contributed by atoms with E-state index in [4.69, 9.17) is 0 Å². The Balaban J connectivity index is 2.30. The van der Waals surface area contributed by atoms with E-state index < -0.39 is 10.0 Å². The van der Waals surface area contributed by atoms with Gasteiger partial charge in [0.15, 0.2) is 0 Å². The molecular formula is C13H9N3O2S2. The van der Waals surface area contributed by atoms with Crippen molar-refractivity contribution in [1.82, 2.24) is 9.71 Å². The van der Waals surface area contributed by atoms with E-state index in [2.05, 4.69) is 15.8 Å². The molecule has 0 saturated carbocycles. The summed E-state index contributed by atoms with van der Waals surface area (Å²) in [6.45, 7) is 1.83. The van der Waals surface area contributed by atoms with Crippen LogP contribution in [-0.4, -0.2) is 13.4 Å². The summed E-state index contributed by atoms with van der Waals surface area (Å²) in [5.74, 6) is 0. The minimum atomic E-state index is -3.59. The molecule has 1 aliphatic heterocycles. The molecule has 0 aliphatic carbocycles. The summed E-state index contributed by atoms with van der Waals surface area (Å²) < 4.78 is 26.5. The average Bonchev–Trinajstić information content (AvgIpc) is 2.95.